The fourth-order valence-electron chi connectivity index (χ4n) is 3.03. The highest BCUT2D eigenvalue weighted by Gasteiger charge is 2.30. The molecule has 3 atom stereocenters. The van der Waals surface area contributed by atoms with Crippen molar-refractivity contribution in [3.63, 3.8) is 0 Å². The Morgan fingerprint density at radius 3 is 2.56 bits per heavy atom. The van der Waals surface area contributed by atoms with E-state index in [1.54, 1.807) is 4.90 Å². The maximum atomic E-state index is 11.6. The van der Waals surface area contributed by atoms with Crippen molar-refractivity contribution in [1.82, 2.24) is 10.2 Å². The van der Waals surface area contributed by atoms with Crippen LogP contribution in [-0.2, 0) is 4.79 Å². The summed E-state index contributed by atoms with van der Waals surface area (Å²) in [6, 6.07) is 0.601. The maximum absolute atomic E-state index is 11.6. The van der Waals surface area contributed by atoms with Gasteiger partial charge in [0.1, 0.15) is 0 Å². The summed E-state index contributed by atoms with van der Waals surface area (Å²) >= 11 is 0. The van der Waals surface area contributed by atoms with Crippen LogP contribution in [0.1, 0.15) is 46.5 Å². The van der Waals surface area contributed by atoms with E-state index < -0.39 is 0 Å². The van der Waals surface area contributed by atoms with E-state index in [1.165, 1.54) is 19.3 Å². The number of rotatable bonds is 5. The van der Waals surface area contributed by atoms with Gasteiger partial charge in [0.05, 0.1) is 0 Å². The van der Waals surface area contributed by atoms with Crippen LogP contribution in [-0.4, -0.2) is 37.5 Å². The van der Waals surface area contributed by atoms with Crippen molar-refractivity contribution in [1.29, 1.82) is 0 Å². The van der Waals surface area contributed by atoms with Gasteiger partial charge in [-0.3, -0.25) is 4.79 Å². The van der Waals surface area contributed by atoms with E-state index in [0.717, 1.165) is 24.3 Å². The van der Waals surface area contributed by atoms with Gasteiger partial charge in [0, 0.05) is 33.1 Å². The van der Waals surface area contributed by atoms with Crippen molar-refractivity contribution in [3.8, 4) is 0 Å². The molecule has 1 N–H and O–H groups in total. The first-order chi connectivity index (χ1) is 8.41. The molecule has 106 valence electrons. The minimum Gasteiger partial charge on any atom is -0.349 e. The minimum atomic E-state index is 0.215. The van der Waals surface area contributed by atoms with Crippen LogP contribution in [0.3, 0.4) is 0 Å². The van der Waals surface area contributed by atoms with Crippen LogP contribution < -0.4 is 5.32 Å². The Morgan fingerprint density at radius 1 is 1.33 bits per heavy atom. The fraction of sp³-hybridized carbons (Fsp3) is 0.933. The lowest BCUT2D eigenvalue weighted by molar-refractivity contribution is -0.128. The molecule has 3 unspecified atom stereocenters. The van der Waals surface area contributed by atoms with Crippen LogP contribution in [0.2, 0.25) is 0 Å². The molecule has 1 saturated carbocycles. The maximum Gasteiger partial charge on any atom is 0.223 e. The van der Waals surface area contributed by atoms with Crippen molar-refractivity contribution in [3.05, 3.63) is 0 Å². The van der Waals surface area contributed by atoms with E-state index in [0.29, 0.717) is 12.5 Å². The third kappa shape index (κ3) is 4.60. The van der Waals surface area contributed by atoms with Gasteiger partial charge in [-0.1, -0.05) is 27.2 Å². The van der Waals surface area contributed by atoms with E-state index >= 15 is 0 Å². The highest BCUT2D eigenvalue weighted by Crippen LogP contribution is 2.33. The summed E-state index contributed by atoms with van der Waals surface area (Å²) in [7, 11) is 3.64. The third-order valence-electron chi connectivity index (χ3n) is 4.27. The molecule has 1 aliphatic rings. The van der Waals surface area contributed by atoms with Crippen LogP contribution in [0.5, 0.6) is 0 Å². The predicted molar refractivity (Wildman–Crippen MR) is 76.4 cm³/mol. The molecule has 1 fully saturated rings. The average Bonchev–Trinajstić information content (AvgIpc) is 2.28. The molecule has 0 heterocycles. The van der Waals surface area contributed by atoms with E-state index in [2.05, 4.69) is 26.1 Å². The second kappa shape index (κ2) is 7.13. The molecule has 0 aliphatic heterocycles. The van der Waals surface area contributed by atoms with Gasteiger partial charge in [-0.25, -0.2) is 0 Å². The topological polar surface area (TPSA) is 32.3 Å². The second-order valence-corrected chi connectivity index (χ2v) is 6.42. The summed E-state index contributed by atoms with van der Waals surface area (Å²) in [5.41, 5.74) is 0. The fourth-order valence-corrected chi connectivity index (χ4v) is 3.03. The highest BCUT2D eigenvalue weighted by atomic mass is 16.2. The first-order valence-corrected chi connectivity index (χ1v) is 7.35. The molecule has 0 radical (unpaired) electrons. The van der Waals surface area contributed by atoms with E-state index in [4.69, 9.17) is 0 Å². The van der Waals surface area contributed by atoms with Crippen LogP contribution >= 0.6 is 0 Å². The highest BCUT2D eigenvalue weighted by molar-refractivity contribution is 5.75. The van der Waals surface area contributed by atoms with Gasteiger partial charge in [-0.15, -0.1) is 0 Å². The van der Waals surface area contributed by atoms with Gasteiger partial charge in [0.15, 0.2) is 0 Å². The lowest BCUT2D eigenvalue weighted by atomic mass is 9.74. The molecule has 1 rings (SSSR count). The molecule has 1 aliphatic carbocycles. The largest absolute Gasteiger partial charge is 0.349 e. The van der Waals surface area contributed by atoms with Crippen molar-refractivity contribution in [2.24, 2.45) is 17.8 Å². The molecule has 1 amide bonds. The number of hydrogen-bond donors (Lipinski definition) is 1. The van der Waals surface area contributed by atoms with Crippen molar-refractivity contribution in [2.45, 2.75) is 52.5 Å². The smallest absolute Gasteiger partial charge is 0.223 e. The molecule has 0 aromatic rings. The first-order valence-electron chi connectivity index (χ1n) is 7.35. The lowest BCUT2D eigenvalue weighted by Crippen LogP contribution is -2.44. The zero-order valence-electron chi connectivity index (χ0n) is 12.7. The first kappa shape index (κ1) is 15.5. The SMILES string of the molecule is CC1CCC(C(C)C)C(NCCC(=O)N(C)C)C1. The zero-order valence-corrected chi connectivity index (χ0v) is 12.7. The van der Waals surface area contributed by atoms with Gasteiger partial charge in [-0.2, -0.15) is 0 Å². The molecule has 3 nitrogen and oxygen atoms in total. The number of carbonyl (C=O) groups excluding carboxylic acids is 1. The van der Waals surface area contributed by atoms with Gasteiger partial charge < -0.3 is 10.2 Å². The molecule has 0 bridgehead atoms. The molecular formula is C15H30N2O. The molecule has 0 aromatic heterocycles. The quantitative estimate of drug-likeness (QED) is 0.817. The van der Waals surface area contributed by atoms with Crippen LogP contribution in [0.15, 0.2) is 0 Å². The Kier molecular flexibility index (Phi) is 6.13. The Morgan fingerprint density at radius 2 is 2.00 bits per heavy atom. The van der Waals surface area contributed by atoms with E-state index in [9.17, 15) is 4.79 Å². The van der Waals surface area contributed by atoms with Gasteiger partial charge in [0.2, 0.25) is 5.91 Å². The molecule has 18 heavy (non-hydrogen) atoms. The van der Waals surface area contributed by atoms with Crippen molar-refractivity contribution < 1.29 is 4.79 Å². The Labute approximate surface area is 112 Å². The Balaban J connectivity index is 2.39. The summed E-state index contributed by atoms with van der Waals surface area (Å²) in [5, 5.41) is 3.62. The van der Waals surface area contributed by atoms with E-state index in [1.807, 2.05) is 14.1 Å². The number of nitrogens with one attached hydrogen (secondary N) is 1. The Hall–Kier alpha value is -0.570. The number of nitrogens with zero attached hydrogens (tertiary/aromatic N) is 1. The zero-order chi connectivity index (χ0) is 13.7. The summed E-state index contributed by atoms with van der Waals surface area (Å²) in [4.78, 5) is 13.2. The molecule has 0 aromatic carbocycles. The van der Waals surface area contributed by atoms with Crippen molar-refractivity contribution in [2.75, 3.05) is 20.6 Å². The Bertz CT molecular complexity index is 263. The second-order valence-electron chi connectivity index (χ2n) is 6.42. The lowest BCUT2D eigenvalue weighted by Gasteiger charge is -2.38. The molecular weight excluding hydrogens is 224 g/mol. The standard InChI is InChI=1S/C15H30N2O/c1-11(2)13-7-6-12(3)10-14(13)16-9-8-15(18)17(4)5/h11-14,16H,6-10H2,1-5H3. The minimum absolute atomic E-state index is 0.215. The summed E-state index contributed by atoms with van der Waals surface area (Å²) < 4.78 is 0. The summed E-state index contributed by atoms with van der Waals surface area (Å²) in [5.74, 6) is 2.55. The van der Waals surface area contributed by atoms with E-state index in [-0.39, 0.29) is 5.91 Å². The van der Waals surface area contributed by atoms with Crippen LogP contribution in [0.4, 0.5) is 0 Å². The third-order valence-corrected chi connectivity index (χ3v) is 4.27. The predicted octanol–water partition coefficient (Wildman–Crippen LogP) is 2.52. The van der Waals surface area contributed by atoms with Crippen LogP contribution in [0, 0.1) is 17.8 Å². The van der Waals surface area contributed by atoms with Gasteiger partial charge in [-0.05, 0) is 30.6 Å². The summed E-state index contributed by atoms with van der Waals surface area (Å²) in [6.45, 7) is 7.80. The molecule has 0 spiro atoms. The van der Waals surface area contributed by atoms with Gasteiger partial charge >= 0.3 is 0 Å². The average molecular weight is 254 g/mol. The van der Waals surface area contributed by atoms with Gasteiger partial charge in [0.25, 0.3) is 0 Å². The number of amides is 1. The normalized spacial score (nSPS) is 28.4. The number of carbonyl (C=O) groups is 1. The van der Waals surface area contributed by atoms with Crippen molar-refractivity contribution >= 4 is 5.91 Å². The summed E-state index contributed by atoms with van der Waals surface area (Å²) in [6.07, 6.45) is 4.57. The van der Waals surface area contributed by atoms with Crippen LogP contribution in [0.25, 0.3) is 0 Å². The monoisotopic (exact) mass is 254 g/mol. The molecule has 0 saturated heterocycles. The molecule has 3 heteroatoms. The number of hydrogen-bond acceptors (Lipinski definition) is 2.